The summed E-state index contributed by atoms with van der Waals surface area (Å²) in [4.78, 5) is 28.5. The van der Waals surface area contributed by atoms with Crippen LogP contribution in [0.4, 0.5) is 4.39 Å². The number of ether oxygens (including phenoxy) is 2. The fourth-order valence-electron chi connectivity index (χ4n) is 8.36. The van der Waals surface area contributed by atoms with Gasteiger partial charge >= 0.3 is 0 Å². The summed E-state index contributed by atoms with van der Waals surface area (Å²) in [5.74, 6) is -1.29. The number of fused-ring (bicyclic) bond motifs is 2. The maximum absolute atomic E-state index is 13.5. The number of aryl methyl sites for hydroxylation is 2. The van der Waals surface area contributed by atoms with Gasteiger partial charge in [0.25, 0.3) is 0 Å². The maximum Gasteiger partial charge on any atom is 0.245 e. The molecule has 1 saturated carbocycles. The van der Waals surface area contributed by atoms with E-state index in [0.29, 0.717) is 64.6 Å². The van der Waals surface area contributed by atoms with Crippen LogP contribution >= 0.6 is 0 Å². The van der Waals surface area contributed by atoms with Crippen LogP contribution in [0.3, 0.4) is 0 Å². The van der Waals surface area contributed by atoms with Crippen LogP contribution in [0.2, 0.25) is 0 Å². The lowest BCUT2D eigenvalue weighted by Crippen LogP contribution is -2.60. The van der Waals surface area contributed by atoms with Gasteiger partial charge < -0.3 is 30.3 Å². The molecular formula is C40H56FN3O6. The Kier molecular flexibility index (Phi) is 11.1. The van der Waals surface area contributed by atoms with Gasteiger partial charge in [0.2, 0.25) is 11.8 Å². The quantitative estimate of drug-likeness (QED) is 0.239. The molecule has 6 rings (SSSR count). The molecule has 4 aliphatic rings. The number of hydrogen-bond acceptors (Lipinski definition) is 7. The monoisotopic (exact) mass is 693 g/mol. The van der Waals surface area contributed by atoms with E-state index in [4.69, 9.17) is 9.47 Å². The van der Waals surface area contributed by atoms with Gasteiger partial charge in [0.1, 0.15) is 17.3 Å². The highest BCUT2D eigenvalue weighted by molar-refractivity contribution is 5.91. The van der Waals surface area contributed by atoms with Crippen LogP contribution in [0.25, 0.3) is 0 Å². The van der Waals surface area contributed by atoms with Crippen molar-refractivity contribution in [1.29, 1.82) is 0 Å². The van der Waals surface area contributed by atoms with Crippen molar-refractivity contribution in [3.8, 4) is 0 Å². The van der Waals surface area contributed by atoms with Gasteiger partial charge in [-0.3, -0.25) is 14.5 Å². The second-order valence-corrected chi connectivity index (χ2v) is 15.9. The molecule has 4 atom stereocenters. The van der Waals surface area contributed by atoms with Gasteiger partial charge in [0.05, 0.1) is 18.3 Å². The summed E-state index contributed by atoms with van der Waals surface area (Å²) in [6, 6.07) is 14.7. The first-order valence-electron chi connectivity index (χ1n) is 18.7. The molecule has 2 amide bonds. The number of nitrogens with zero attached hydrogens (tertiary/aromatic N) is 1. The summed E-state index contributed by atoms with van der Waals surface area (Å²) in [5, 5.41) is 27.8. The number of likely N-dealkylation sites (tertiary alicyclic amines) is 1. The van der Waals surface area contributed by atoms with Crippen molar-refractivity contribution >= 4 is 11.8 Å². The average Bonchev–Trinajstić information content (AvgIpc) is 3.63. The number of hydrogen-bond donors (Lipinski definition) is 4. The zero-order valence-electron chi connectivity index (χ0n) is 30.1. The minimum atomic E-state index is -1.17. The van der Waals surface area contributed by atoms with Gasteiger partial charge in [0, 0.05) is 51.0 Å². The van der Waals surface area contributed by atoms with E-state index in [0.717, 1.165) is 66.5 Å². The van der Waals surface area contributed by atoms with E-state index in [1.165, 1.54) is 0 Å². The van der Waals surface area contributed by atoms with Gasteiger partial charge in [-0.05, 0) is 87.6 Å². The lowest BCUT2D eigenvalue weighted by Gasteiger charge is -2.45. The summed E-state index contributed by atoms with van der Waals surface area (Å²) in [6.07, 6.45) is 6.47. The Hall–Kier alpha value is -2.89. The second kappa shape index (κ2) is 15.0. The number of benzene rings is 2. The lowest BCUT2D eigenvalue weighted by atomic mass is 9.78. The number of carbonyl (C=O) groups excluding carboxylic acids is 2. The number of aliphatic hydroxyl groups excluding tert-OH is 1. The Labute approximate surface area is 296 Å². The molecule has 3 saturated heterocycles. The number of rotatable bonds is 13. The number of carbonyl (C=O) groups is 2. The van der Waals surface area contributed by atoms with Crippen LogP contribution in [-0.4, -0.2) is 88.7 Å². The predicted octanol–water partition coefficient (Wildman–Crippen LogP) is 4.75. The Morgan fingerprint density at radius 1 is 1.06 bits per heavy atom. The molecule has 0 aromatic heterocycles. The molecule has 4 fully saturated rings. The van der Waals surface area contributed by atoms with Crippen molar-refractivity contribution in [3.63, 3.8) is 0 Å². The summed E-state index contributed by atoms with van der Waals surface area (Å²) >= 11 is 0. The fraction of sp³-hybridized carbons (Fsp3) is 0.650. The molecule has 3 aliphatic heterocycles. The molecule has 1 aliphatic carbocycles. The van der Waals surface area contributed by atoms with Crippen molar-refractivity contribution in [2.75, 3.05) is 32.8 Å². The normalized spacial score (nSPS) is 28.0. The Bertz CT molecular complexity index is 1510. The van der Waals surface area contributed by atoms with Gasteiger partial charge in [-0.2, -0.15) is 0 Å². The van der Waals surface area contributed by atoms with Crippen LogP contribution in [0.1, 0.15) is 106 Å². The Morgan fingerprint density at radius 2 is 1.80 bits per heavy atom. The Morgan fingerprint density at radius 3 is 2.50 bits per heavy atom. The first-order valence-corrected chi connectivity index (χ1v) is 18.7. The van der Waals surface area contributed by atoms with Crippen LogP contribution in [0.5, 0.6) is 0 Å². The van der Waals surface area contributed by atoms with E-state index in [-0.39, 0.29) is 18.4 Å². The third-order valence-electron chi connectivity index (χ3n) is 11.6. The van der Waals surface area contributed by atoms with Crippen molar-refractivity contribution in [3.05, 3.63) is 70.3 Å². The topological polar surface area (TPSA) is 120 Å². The van der Waals surface area contributed by atoms with Crippen LogP contribution in [-0.2, 0) is 37.7 Å². The van der Waals surface area contributed by atoms with Gasteiger partial charge in [-0.1, -0.05) is 55.7 Å². The molecule has 3 heterocycles. The largest absolute Gasteiger partial charge is 0.393 e. The first-order chi connectivity index (χ1) is 23.8. The predicted molar refractivity (Wildman–Crippen MR) is 189 cm³/mol. The number of aliphatic hydroxyl groups is 2. The number of nitrogens with one attached hydrogen (secondary N) is 2. The van der Waals surface area contributed by atoms with E-state index in [1.807, 2.05) is 11.0 Å². The summed E-state index contributed by atoms with van der Waals surface area (Å²) in [6.45, 7) is 7.96. The minimum Gasteiger partial charge on any atom is -0.393 e. The van der Waals surface area contributed by atoms with E-state index < -0.39 is 34.8 Å². The third-order valence-corrected chi connectivity index (χ3v) is 11.6. The van der Waals surface area contributed by atoms with E-state index in [2.05, 4.69) is 54.0 Å². The highest BCUT2D eigenvalue weighted by Gasteiger charge is 2.62. The molecule has 4 N–H and O–H groups in total. The zero-order chi connectivity index (χ0) is 35.6. The van der Waals surface area contributed by atoms with E-state index >= 15 is 0 Å². The highest BCUT2D eigenvalue weighted by Crippen LogP contribution is 2.53. The molecule has 0 radical (unpaired) electrons. The summed E-state index contributed by atoms with van der Waals surface area (Å²) < 4.78 is 26.3. The lowest BCUT2D eigenvalue weighted by molar-refractivity contribution is -0.274. The highest BCUT2D eigenvalue weighted by atomic mass is 19.1. The van der Waals surface area contributed by atoms with Crippen LogP contribution in [0, 0.1) is 6.92 Å². The standard InChI is InChI=1S/C40H56FN3O6/c1-28-10-15-32(40-25-34(45)24-39(50-40,27-49-40)37(2,3)48)23-31(28)22-30-13-11-29(12-14-30)8-7-9-35(46)43-38(17-5-4-6-18-38)36(47)42-19-21-44-20-16-33(41)26-44/h10-15,23,33-34,45,48H,4-9,16-22,24-27H2,1-3H3,(H,42,47)(H,43,46)/t33?,34?,39-,40-/m1/s1. The van der Waals surface area contributed by atoms with E-state index in [9.17, 15) is 24.2 Å². The molecule has 274 valence electrons. The SMILES string of the molecule is Cc1ccc([C@]23CC(O)C[C@](C(C)(C)O)(CO2)O3)cc1Cc1ccc(CCCC(=O)NC2(C(=O)NCCN3CCC(F)C3)CCCCC2)cc1. The van der Waals surface area contributed by atoms with Crippen molar-refractivity contribution in [2.24, 2.45) is 0 Å². The molecule has 2 aromatic rings. The molecule has 10 heteroatoms. The second-order valence-electron chi connectivity index (χ2n) is 15.9. The maximum atomic E-state index is 13.5. The molecule has 2 bridgehead atoms. The number of halogens is 1. The first kappa shape index (κ1) is 36.9. The minimum absolute atomic E-state index is 0.0891. The zero-order valence-corrected chi connectivity index (χ0v) is 30.1. The molecule has 2 aromatic carbocycles. The number of amides is 2. The summed E-state index contributed by atoms with van der Waals surface area (Å²) in [7, 11) is 0. The van der Waals surface area contributed by atoms with Crippen LogP contribution < -0.4 is 10.6 Å². The summed E-state index contributed by atoms with van der Waals surface area (Å²) in [5.41, 5.74) is 2.46. The molecule has 2 unspecified atom stereocenters. The average molecular weight is 694 g/mol. The van der Waals surface area contributed by atoms with Crippen molar-refractivity contribution in [1.82, 2.24) is 15.5 Å². The molecule has 0 spiro atoms. The smallest absolute Gasteiger partial charge is 0.245 e. The van der Waals surface area contributed by atoms with E-state index in [1.54, 1.807) is 13.8 Å². The molecule has 50 heavy (non-hydrogen) atoms. The van der Waals surface area contributed by atoms with Gasteiger partial charge in [0.15, 0.2) is 5.79 Å². The van der Waals surface area contributed by atoms with Crippen molar-refractivity contribution < 1.29 is 33.7 Å². The molecular weight excluding hydrogens is 637 g/mol. The molecule has 9 nitrogen and oxygen atoms in total. The van der Waals surface area contributed by atoms with Gasteiger partial charge in [-0.25, -0.2) is 4.39 Å². The number of alkyl halides is 1. The van der Waals surface area contributed by atoms with Gasteiger partial charge in [-0.15, -0.1) is 0 Å². The van der Waals surface area contributed by atoms with Crippen molar-refractivity contribution in [2.45, 2.75) is 133 Å². The fourth-order valence-corrected chi connectivity index (χ4v) is 8.36. The Balaban J connectivity index is 1.01. The third kappa shape index (κ3) is 8.10. The van der Waals surface area contributed by atoms with Crippen LogP contribution in [0.15, 0.2) is 42.5 Å².